The van der Waals surface area contributed by atoms with Gasteiger partial charge in [0.1, 0.15) is 11.2 Å². The Balaban J connectivity index is 1.07. The highest BCUT2D eigenvalue weighted by molar-refractivity contribution is 7.26. The van der Waals surface area contributed by atoms with Crippen molar-refractivity contribution >= 4 is 75.3 Å². The molecule has 0 fully saturated rings. The van der Waals surface area contributed by atoms with Gasteiger partial charge in [0.2, 0.25) is 0 Å². The molecular weight excluding hydrogens is 645 g/mol. The van der Waals surface area contributed by atoms with Gasteiger partial charge in [-0.3, -0.25) is 0 Å². The number of furan rings is 1. The Morgan fingerprint density at radius 3 is 1.67 bits per heavy atom. The maximum absolute atomic E-state index is 6.59. The molecule has 0 spiro atoms. The van der Waals surface area contributed by atoms with E-state index in [1.165, 1.54) is 42.0 Å². The molecule has 0 N–H and O–H groups in total. The molecule has 0 atom stereocenters. The Morgan fingerprint density at radius 2 is 1.00 bits per heavy atom. The molecule has 0 radical (unpaired) electrons. The second kappa shape index (κ2) is 10.9. The summed E-state index contributed by atoms with van der Waals surface area (Å²) in [5, 5.41) is 7.18. The molecule has 11 rings (SSSR count). The highest BCUT2D eigenvalue weighted by Crippen LogP contribution is 2.44. The first-order valence-electron chi connectivity index (χ1n) is 16.9. The van der Waals surface area contributed by atoms with Crippen LogP contribution in [0.3, 0.4) is 0 Å². The molecule has 6 heteroatoms. The summed E-state index contributed by atoms with van der Waals surface area (Å²) in [6.45, 7) is 0. The van der Waals surface area contributed by atoms with Gasteiger partial charge in [0.15, 0.2) is 17.5 Å². The van der Waals surface area contributed by atoms with Gasteiger partial charge in [0.05, 0.1) is 11.0 Å². The summed E-state index contributed by atoms with van der Waals surface area (Å²) in [5.74, 6) is 1.96. The zero-order valence-corrected chi connectivity index (χ0v) is 27.9. The molecule has 4 heterocycles. The second-order valence-electron chi connectivity index (χ2n) is 12.8. The van der Waals surface area contributed by atoms with Crippen LogP contribution in [0.1, 0.15) is 0 Å². The average molecular weight is 671 g/mol. The summed E-state index contributed by atoms with van der Waals surface area (Å²) in [6, 6.07) is 54.9. The van der Waals surface area contributed by atoms with Crippen LogP contribution in [0, 0.1) is 0 Å². The molecule has 0 amide bonds. The molecule has 4 aromatic heterocycles. The molecule has 11 aromatic rings. The van der Waals surface area contributed by atoms with E-state index < -0.39 is 0 Å². The van der Waals surface area contributed by atoms with E-state index in [1.54, 1.807) is 11.3 Å². The summed E-state index contributed by atoms with van der Waals surface area (Å²) >= 11 is 1.79. The Hall–Kier alpha value is -6.63. The molecule has 7 aromatic carbocycles. The van der Waals surface area contributed by atoms with Crippen LogP contribution in [-0.2, 0) is 0 Å². The lowest BCUT2D eigenvalue weighted by Crippen LogP contribution is -1.99. The summed E-state index contributed by atoms with van der Waals surface area (Å²) in [5.41, 5.74) is 8.08. The van der Waals surface area contributed by atoms with Crippen LogP contribution in [0.25, 0.3) is 104 Å². The summed E-state index contributed by atoms with van der Waals surface area (Å²) in [7, 11) is 0. The van der Waals surface area contributed by atoms with E-state index in [0.29, 0.717) is 17.5 Å². The zero-order valence-electron chi connectivity index (χ0n) is 27.1. The molecule has 0 aliphatic carbocycles. The lowest BCUT2D eigenvalue weighted by Gasteiger charge is -2.08. The molecule has 0 saturated heterocycles. The van der Waals surface area contributed by atoms with E-state index in [1.807, 2.05) is 60.7 Å². The SMILES string of the molecule is c1ccc(-c2nc(-c3ccccc3)nc(-c3ccc4c(c3)sc3c4ccc4oc5cc(-n6c7ccccc7c7ccccc76)ccc5c43)n2)cc1. The predicted octanol–water partition coefficient (Wildman–Crippen LogP) is 12.2. The van der Waals surface area contributed by atoms with Gasteiger partial charge >= 0.3 is 0 Å². The van der Waals surface area contributed by atoms with Crippen molar-refractivity contribution in [3.63, 3.8) is 0 Å². The van der Waals surface area contributed by atoms with E-state index in [0.717, 1.165) is 44.3 Å². The van der Waals surface area contributed by atoms with Crippen LogP contribution >= 0.6 is 11.3 Å². The van der Waals surface area contributed by atoms with Crippen LogP contribution in [0.5, 0.6) is 0 Å². The van der Waals surface area contributed by atoms with Crippen molar-refractivity contribution in [2.75, 3.05) is 0 Å². The highest BCUT2D eigenvalue weighted by Gasteiger charge is 2.19. The minimum absolute atomic E-state index is 0.651. The van der Waals surface area contributed by atoms with Crippen LogP contribution in [0.15, 0.2) is 162 Å². The van der Waals surface area contributed by atoms with Gasteiger partial charge in [-0.25, -0.2) is 15.0 Å². The number of benzene rings is 7. The monoisotopic (exact) mass is 670 g/mol. The molecule has 0 aliphatic heterocycles. The quantitative estimate of drug-likeness (QED) is 0.187. The van der Waals surface area contributed by atoms with Gasteiger partial charge in [-0.1, -0.05) is 109 Å². The van der Waals surface area contributed by atoms with Crippen molar-refractivity contribution in [1.82, 2.24) is 19.5 Å². The van der Waals surface area contributed by atoms with Crippen molar-refractivity contribution in [3.05, 3.63) is 158 Å². The smallest absolute Gasteiger partial charge is 0.164 e. The van der Waals surface area contributed by atoms with E-state index in [4.69, 9.17) is 19.4 Å². The Morgan fingerprint density at radius 1 is 0.431 bits per heavy atom. The number of para-hydroxylation sites is 2. The maximum atomic E-state index is 6.59. The first kappa shape index (κ1) is 28.2. The Bertz CT molecular complexity index is 3030. The zero-order chi connectivity index (χ0) is 33.5. The lowest BCUT2D eigenvalue weighted by atomic mass is 10.1. The number of rotatable bonds is 4. The number of thiophene rings is 1. The van der Waals surface area contributed by atoms with Crippen molar-refractivity contribution in [3.8, 4) is 39.9 Å². The number of fused-ring (bicyclic) bond motifs is 10. The van der Waals surface area contributed by atoms with Crippen molar-refractivity contribution in [2.45, 2.75) is 0 Å². The van der Waals surface area contributed by atoms with Crippen LogP contribution in [-0.4, -0.2) is 19.5 Å². The van der Waals surface area contributed by atoms with Crippen LogP contribution in [0.2, 0.25) is 0 Å². The molecule has 5 nitrogen and oxygen atoms in total. The van der Waals surface area contributed by atoms with Crippen molar-refractivity contribution in [2.24, 2.45) is 0 Å². The number of nitrogens with zero attached hydrogens (tertiary/aromatic N) is 4. The van der Waals surface area contributed by atoms with Gasteiger partial charge in [-0.15, -0.1) is 11.3 Å². The van der Waals surface area contributed by atoms with Crippen molar-refractivity contribution < 1.29 is 4.42 Å². The minimum atomic E-state index is 0.651. The highest BCUT2D eigenvalue weighted by atomic mass is 32.1. The number of hydrogen-bond acceptors (Lipinski definition) is 5. The molecule has 51 heavy (non-hydrogen) atoms. The first-order chi connectivity index (χ1) is 25.3. The van der Waals surface area contributed by atoms with Crippen LogP contribution in [0.4, 0.5) is 0 Å². The van der Waals surface area contributed by atoms with Gasteiger partial charge in [0.25, 0.3) is 0 Å². The minimum Gasteiger partial charge on any atom is -0.456 e. The molecule has 0 unspecified atom stereocenters. The molecule has 238 valence electrons. The fraction of sp³-hybridized carbons (Fsp3) is 0. The standard InChI is InChI=1S/C45H26N4OS/c1-3-11-27(12-4-1)43-46-44(28-13-5-2-6-14-28)48-45(47-43)29-19-21-33-34-23-24-38-41(42(34)51-40(33)25-29)35-22-20-30(26-39(35)50-38)49-36-17-9-7-15-31(36)32-16-8-10-18-37(32)49/h1-26H. The van der Waals surface area contributed by atoms with Gasteiger partial charge in [-0.05, 0) is 42.5 Å². The second-order valence-corrected chi connectivity index (χ2v) is 13.9. The molecular formula is C45H26N4OS. The molecule has 0 bridgehead atoms. The molecule has 0 saturated carbocycles. The normalized spacial score (nSPS) is 11.9. The van der Waals surface area contributed by atoms with E-state index in [-0.39, 0.29) is 0 Å². The number of hydrogen-bond donors (Lipinski definition) is 0. The fourth-order valence-electron chi connectivity index (χ4n) is 7.50. The predicted molar refractivity (Wildman–Crippen MR) is 211 cm³/mol. The van der Waals surface area contributed by atoms with Gasteiger partial charge in [0, 0.05) is 70.2 Å². The summed E-state index contributed by atoms with van der Waals surface area (Å²) < 4.78 is 11.3. The Kier molecular flexibility index (Phi) is 6.05. The lowest BCUT2D eigenvalue weighted by molar-refractivity contribution is 0.669. The Labute approximate surface area is 295 Å². The van der Waals surface area contributed by atoms with E-state index in [9.17, 15) is 0 Å². The van der Waals surface area contributed by atoms with Crippen LogP contribution < -0.4 is 0 Å². The average Bonchev–Trinajstić information content (AvgIpc) is 3.87. The van der Waals surface area contributed by atoms with Gasteiger partial charge in [-0.2, -0.15) is 0 Å². The third-order valence-electron chi connectivity index (χ3n) is 9.85. The topological polar surface area (TPSA) is 56.7 Å². The van der Waals surface area contributed by atoms with Crippen molar-refractivity contribution in [1.29, 1.82) is 0 Å². The molecule has 0 aliphatic rings. The van der Waals surface area contributed by atoms with E-state index >= 15 is 0 Å². The largest absolute Gasteiger partial charge is 0.456 e. The maximum Gasteiger partial charge on any atom is 0.164 e. The first-order valence-corrected chi connectivity index (χ1v) is 17.8. The third kappa shape index (κ3) is 4.37. The summed E-state index contributed by atoms with van der Waals surface area (Å²) in [6.07, 6.45) is 0. The summed E-state index contributed by atoms with van der Waals surface area (Å²) in [4.78, 5) is 14.8. The third-order valence-corrected chi connectivity index (χ3v) is 11.0. The fourth-order valence-corrected chi connectivity index (χ4v) is 8.79. The number of aromatic nitrogens is 4. The van der Waals surface area contributed by atoms with Gasteiger partial charge < -0.3 is 8.98 Å². The van der Waals surface area contributed by atoms with E-state index in [2.05, 4.69) is 102 Å².